The van der Waals surface area contributed by atoms with Gasteiger partial charge < -0.3 is 10.0 Å². The molecule has 4 atom stereocenters. The fourth-order valence-corrected chi connectivity index (χ4v) is 3.31. The van der Waals surface area contributed by atoms with E-state index in [1.165, 1.54) is 11.0 Å². The van der Waals surface area contributed by atoms with Crippen molar-refractivity contribution in [2.24, 2.45) is 11.8 Å². The van der Waals surface area contributed by atoms with Gasteiger partial charge in [-0.1, -0.05) is 0 Å². The van der Waals surface area contributed by atoms with Crippen molar-refractivity contribution in [1.29, 1.82) is 0 Å². The van der Waals surface area contributed by atoms with E-state index >= 15 is 0 Å². The molecular weight excluding hydrogens is 314 g/mol. The van der Waals surface area contributed by atoms with Gasteiger partial charge in [-0.05, 0) is 30.4 Å². The Kier molecular flexibility index (Phi) is 3.46. The number of piperidine rings is 1. The Morgan fingerprint density at radius 3 is 2.52 bits per heavy atom. The molecule has 1 saturated heterocycles. The molecule has 23 heavy (non-hydrogen) atoms. The minimum absolute atomic E-state index is 0.0389. The first-order valence-electron chi connectivity index (χ1n) is 6.87. The predicted octanol–water partition coefficient (Wildman–Crippen LogP) is 3.68. The highest BCUT2D eigenvalue weighted by atomic mass is 19.4. The summed E-state index contributed by atoms with van der Waals surface area (Å²) in [4.78, 5) is 7.32. The molecular formula is C15H11F4N3O. The Bertz CT molecular complexity index is 734. The number of aliphatic hydroxyl groups excluding tert-OH is 1. The average molecular weight is 325 g/mol. The van der Waals surface area contributed by atoms with Crippen molar-refractivity contribution in [3.8, 4) is 0 Å². The Hall–Kier alpha value is -2.32. The Labute approximate surface area is 129 Å². The van der Waals surface area contributed by atoms with Crippen LogP contribution >= 0.6 is 0 Å². The minimum Gasteiger partial charge on any atom is -0.382 e. The third-order valence-corrected chi connectivity index (χ3v) is 4.46. The monoisotopic (exact) mass is 325 g/mol. The number of rotatable bonds is 2. The summed E-state index contributed by atoms with van der Waals surface area (Å²) in [6.45, 7) is 14.2. The quantitative estimate of drug-likeness (QED) is 0.664. The van der Waals surface area contributed by atoms with Crippen LogP contribution in [0.2, 0.25) is 0 Å². The number of anilines is 1. The number of benzene rings is 1. The van der Waals surface area contributed by atoms with Gasteiger partial charge in [-0.2, -0.15) is 13.2 Å². The van der Waals surface area contributed by atoms with E-state index in [-0.39, 0.29) is 29.8 Å². The third kappa shape index (κ3) is 2.49. The van der Waals surface area contributed by atoms with E-state index in [2.05, 4.69) is 9.69 Å². The van der Waals surface area contributed by atoms with E-state index in [0.29, 0.717) is 6.42 Å². The molecule has 0 amide bonds. The Morgan fingerprint density at radius 2 is 1.96 bits per heavy atom. The molecule has 0 aromatic heterocycles. The lowest BCUT2D eigenvalue weighted by Gasteiger charge is -2.34. The van der Waals surface area contributed by atoms with Crippen LogP contribution in [0.4, 0.5) is 34.6 Å². The van der Waals surface area contributed by atoms with Crippen molar-refractivity contribution in [2.75, 3.05) is 11.4 Å². The SMILES string of the molecule is [C-]#[N+]c1cc(N2CC3CC3C2C(O)C(F)(F)F)cc(F)c1[N+]#[C-]. The van der Waals surface area contributed by atoms with E-state index in [0.717, 1.165) is 6.07 Å². The maximum absolute atomic E-state index is 14.0. The minimum atomic E-state index is -4.77. The van der Waals surface area contributed by atoms with E-state index in [4.69, 9.17) is 13.1 Å². The molecule has 120 valence electrons. The summed E-state index contributed by atoms with van der Waals surface area (Å²) in [6.07, 6.45) is -6.69. The second-order valence-corrected chi connectivity index (χ2v) is 5.81. The molecule has 3 rings (SSSR count). The van der Waals surface area contributed by atoms with Crippen LogP contribution in [-0.2, 0) is 0 Å². The van der Waals surface area contributed by atoms with Gasteiger partial charge in [0, 0.05) is 12.2 Å². The van der Waals surface area contributed by atoms with Crippen LogP contribution in [0.3, 0.4) is 0 Å². The largest absolute Gasteiger partial charge is 0.416 e. The molecule has 1 aromatic rings. The van der Waals surface area contributed by atoms with Crippen LogP contribution in [-0.4, -0.2) is 30.0 Å². The molecule has 4 nitrogen and oxygen atoms in total. The summed E-state index contributed by atoms with van der Waals surface area (Å²) < 4.78 is 52.6. The summed E-state index contributed by atoms with van der Waals surface area (Å²) >= 11 is 0. The van der Waals surface area contributed by atoms with Crippen LogP contribution in [0.5, 0.6) is 0 Å². The van der Waals surface area contributed by atoms with Crippen LogP contribution < -0.4 is 4.90 Å². The van der Waals surface area contributed by atoms with Gasteiger partial charge in [0.1, 0.15) is 5.82 Å². The molecule has 0 radical (unpaired) electrons. The molecule has 2 aliphatic rings. The number of nitrogens with zero attached hydrogens (tertiary/aromatic N) is 3. The summed E-state index contributed by atoms with van der Waals surface area (Å²) in [5, 5.41) is 9.64. The lowest BCUT2D eigenvalue weighted by molar-refractivity contribution is -0.210. The molecule has 4 unspecified atom stereocenters. The zero-order valence-electron chi connectivity index (χ0n) is 11.7. The van der Waals surface area contributed by atoms with Crippen LogP contribution in [0, 0.1) is 30.8 Å². The van der Waals surface area contributed by atoms with Gasteiger partial charge in [-0.3, -0.25) is 0 Å². The molecule has 1 aliphatic heterocycles. The van der Waals surface area contributed by atoms with Gasteiger partial charge in [0.2, 0.25) is 5.69 Å². The van der Waals surface area contributed by atoms with Crippen LogP contribution in [0.1, 0.15) is 6.42 Å². The molecule has 1 N–H and O–H groups in total. The van der Waals surface area contributed by atoms with E-state index in [9.17, 15) is 22.7 Å². The van der Waals surface area contributed by atoms with Crippen molar-refractivity contribution < 1.29 is 22.7 Å². The summed E-state index contributed by atoms with van der Waals surface area (Å²) in [5.41, 5.74) is -0.585. The van der Waals surface area contributed by atoms with Crippen molar-refractivity contribution in [1.82, 2.24) is 0 Å². The molecule has 0 bridgehead atoms. The van der Waals surface area contributed by atoms with Gasteiger partial charge in [0.05, 0.1) is 19.2 Å². The van der Waals surface area contributed by atoms with Crippen molar-refractivity contribution in [2.45, 2.75) is 24.7 Å². The van der Waals surface area contributed by atoms with E-state index in [1.54, 1.807) is 0 Å². The second-order valence-electron chi connectivity index (χ2n) is 5.81. The third-order valence-electron chi connectivity index (χ3n) is 4.46. The van der Waals surface area contributed by atoms with Gasteiger partial charge in [0.25, 0.3) is 0 Å². The molecule has 1 aromatic carbocycles. The fraction of sp³-hybridized carbons (Fsp3) is 0.467. The smallest absolute Gasteiger partial charge is 0.382 e. The Balaban J connectivity index is 2.00. The summed E-state index contributed by atoms with van der Waals surface area (Å²) in [5.74, 6) is -1.19. The zero-order valence-corrected chi connectivity index (χ0v) is 11.7. The molecule has 0 spiro atoms. The van der Waals surface area contributed by atoms with E-state index in [1.807, 2.05) is 0 Å². The highest BCUT2D eigenvalue weighted by Crippen LogP contribution is 2.54. The first-order valence-corrected chi connectivity index (χ1v) is 6.87. The normalized spacial score (nSPS) is 27.1. The Morgan fingerprint density at radius 1 is 1.26 bits per heavy atom. The number of halogens is 4. The molecule has 8 heteroatoms. The number of hydrogen-bond donors (Lipinski definition) is 1. The first-order chi connectivity index (χ1) is 10.8. The molecule has 1 heterocycles. The van der Waals surface area contributed by atoms with Crippen molar-refractivity contribution in [3.05, 3.63) is 40.8 Å². The average Bonchev–Trinajstić information content (AvgIpc) is 3.15. The topological polar surface area (TPSA) is 32.2 Å². The highest BCUT2D eigenvalue weighted by molar-refractivity contribution is 5.76. The van der Waals surface area contributed by atoms with Gasteiger partial charge in [-0.15, -0.1) is 0 Å². The molecule has 1 saturated carbocycles. The van der Waals surface area contributed by atoms with Crippen molar-refractivity contribution >= 4 is 17.1 Å². The van der Waals surface area contributed by atoms with E-state index < -0.39 is 29.8 Å². The number of hydrogen-bond acceptors (Lipinski definition) is 2. The fourth-order valence-electron chi connectivity index (χ4n) is 3.31. The maximum atomic E-state index is 14.0. The van der Waals surface area contributed by atoms with Crippen LogP contribution in [0.25, 0.3) is 9.69 Å². The van der Waals surface area contributed by atoms with Gasteiger partial charge in [0.15, 0.2) is 11.8 Å². The zero-order chi connectivity index (χ0) is 16.9. The number of alkyl halides is 3. The number of aliphatic hydroxyl groups is 1. The lowest BCUT2D eigenvalue weighted by atomic mass is 10.0. The predicted molar refractivity (Wildman–Crippen MR) is 73.7 cm³/mol. The van der Waals surface area contributed by atoms with Crippen molar-refractivity contribution in [3.63, 3.8) is 0 Å². The molecule has 2 fully saturated rings. The standard InChI is InChI=1S/C15H11F4N3O/c1-20-11-5-8(4-10(16)12(11)21-2)22-6-7-3-9(7)13(22)14(23)15(17,18)19/h4-5,7,9,13-14,23H,3,6H2. The van der Waals surface area contributed by atoms with Gasteiger partial charge in [-0.25, -0.2) is 14.1 Å². The highest BCUT2D eigenvalue weighted by Gasteiger charge is 2.60. The van der Waals surface area contributed by atoms with Crippen LogP contribution in [0.15, 0.2) is 12.1 Å². The first kappa shape index (κ1) is 15.6. The number of fused-ring (bicyclic) bond motifs is 1. The molecule has 1 aliphatic carbocycles. The maximum Gasteiger partial charge on any atom is 0.416 e. The summed E-state index contributed by atoms with van der Waals surface area (Å²) in [7, 11) is 0. The second kappa shape index (κ2) is 5.10. The summed E-state index contributed by atoms with van der Waals surface area (Å²) in [6, 6.07) is 0.990. The lowest BCUT2D eigenvalue weighted by Crippen LogP contribution is -2.49. The van der Waals surface area contributed by atoms with Gasteiger partial charge >= 0.3 is 6.18 Å².